The molecule has 0 bridgehead atoms. The van der Waals surface area contributed by atoms with Gasteiger partial charge in [-0.05, 0) is 81.0 Å². The third-order valence-corrected chi connectivity index (χ3v) is 7.09. The zero-order valence-corrected chi connectivity index (χ0v) is 14.9. The van der Waals surface area contributed by atoms with Gasteiger partial charge >= 0.3 is 0 Å². The molecule has 0 aromatic heterocycles. The molecule has 0 unspecified atom stereocenters. The van der Waals surface area contributed by atoms with Gasteiger partial charge in [-0.1, -0.05) is 0 Å². The molecule has 1 fully saturated rings. The van der Waals surface area contributed by atoms with E-state index in [0.29, 0.717) is 12.0 Å². The summed E-state index contributed by atoms with van der Waals surface area (Å²) in [6.45, 7) is 2.06. The van der Waals surface area contributed by atoms with Crippen LogP contribution in [0.1, 0.15) is 24.3 Å². The molecule has 2 aliphatic rings. The zero-order chi connectivity index (χ0) is 17.6. The summed E-state index contributed by atoms with van der Waals surface area (Å²) in [5, 5.41) is 3.55. The first-order chi connectivity index (χ1) is 11.9. The Morgan fingerprint density at radius 2 is 1.72 bits per heavy atom. The van der Waals surface area contributed by atoms with Gasteiger partial charge in [0.2, 0.25) is 9.84 Å². The molecule has 132 valence electrons. The summed E-state index contributed by atoms with van der Waals surface area (Å²) >= 11 is 0. The maximum absolute atomic E-state index is 13.1. The van der Waals surface area contributed by atoms with Crippen molar-refractivity contribution in [1.82, 2.24) is 4.90 Å². The van der Waals surface area contributed by atoms with Gasteiger partial charge in [0.15, 0.2) is 0 Å². The van der Waals surface area contributed by atoms with Gasteiger partial charge in [-0.25, -0.2) is 12.8 Å². The minimum absolute atomic E-state index is 0.122. The second-order valence-electron chi connectivity index (χ2n) is 6.94. The average Bonchev–Trinajstić information content (AvgIpc) is 2.84. The van der Waals surface area contributed by atoms with Gasteiger partial charge in [0, 0.05) is 17.6 Å². The molecular weight excluding hydrogens is 339 g/mol. The van der Waals surface area contributed by atoms with Crippen LogP contribution in [0.5, 0.6) is 0 Å². The molecule has 25 heavy (non-hydrogen) atoms. The van der Waals surface area contributed by atoms with Crippen LogP contribution >= 0.6 is 0 Å². The molecule has 2 atom stereocenters. The highest BCUT2D eigenvalue weighted by Gasteiger charge is 2.34. The van der Waals surface area contributed by atoms with E-state index >= 15 is 0 Å². The highest BCUT2D eigenvalue weighted by molar-refractivity contribution is 7.91. The summed E-state index contributed by atoms with van der Waals surface area (Å²) in [4.78, 5) is 2.72. The van der Waals surface area contributed by atoms with Crippen LogP contribution in [0.25, 0.3) is 0 Å². The molecule has 4 nitrogen and oxygen atoms in total. The highest BCUT2D eigenvalue weighted by atomic mass is 32.2. The third-order valence-electron chi connectivity index (χ3n) is 5.33. The van der Waals surface area contributed by atoms with Crippen molar-refractivity contribution < 1.29 is 12.8 Å². The van der Waals surface area contributed by atoms with Crippen molar-refractivity contribution in [2.75, 3.05) is 25.5 Å². The fraction of sp³-hybridized carbons (Fsp3) is 0.368. The Bertz CT molecular complexity index is 896. The van der Waals surface area contributed by atoms with E-state index in [1.54, 1.807) is 12.1 Å². The first kappa shape index (κ1) is 16.5. The molecule has 0 aliphatic carbocycles. The van der Waals surface area contributed by atoms with Crippen LogP contribution in [0.3, 0.4) is 0 Å². The first-order valence-electron chi connectivity index (χ1n) is 8.55. The largest absolute Gasteiger partial charge is 0.381 e. The van der Waals surface area contributed by atoms with Gasteiger partial charge in [0.1, 0.15) is 5.82 Å². The second kappa shape index (κ2) is 6.11. The molecule has 0 spiro atoms. The van der Waals surface area contributed by atoms with E-state index < -0.39 is 15.7 Å². The summed E-state index contributed by atoms with van der Waals surface area (Å²) in [7, 11) is -1.52. The van der Waals surface area contributed by atoms with Gasteiger partial charge in [-0.2, -0.15) is 0 Å². The number of fused-ring (bicyclic) bond motifs is 3. The minimum Gasteiger partial charge on any atom is -0.381 e. The molecule has 1 N–H and O–H groups in total. The fourth-order valence-electron chi connectivity index (χ4n) is 3.87. The number of anilines is 1. The van der Waals surface area contributed by atoms with Crippen molar-refractivity contribution in [1.29, 1.82) is 0 Å². The first-order valence-corrected chi connectivity index (χ1v) is 10.0. The molecule has 2 aromatic carbocycles. The van der Waals surface area contributed by atoms with Crippen LogP contribution in [0.2, 0.25) is 0 Å². The smallest absolute Gasteiger partial charge is 0.206 e. The van der Waals surface area contributed by atoms with E-state index in [2.05, 4.69) is 17.3 Å². The summed E-state index contributed by atoms with van der Waals surface area (Å²) in [5.74, 6) is -0.106. The number of benzene rings is 2. The number of nitrogens with zero attached hydrogens (tertiary/aromatic N) is 1. The number of hydrogen-bond donors (Lipinski definition) is 1. The topological polar surface area (TPSA) is 49.4 Å². The Morgan fingerprint density at radius 1 is 1.04 bits per heavy atom. The third kappa shape index (κ3) is 2.93. The summed E-state index contributed by atoms with van der Waals surface area (Å²) in [6, 6.07) is 10.7. The standard InChI is InChI=1S/C19H21FN2O2S/c1-22-10-8-16-17-12-15(6-7-18(17)21-19(16)9-11-22)25(23,24)14-4-2-13(20)3-5-14/h2-7,12,16,19,21H,8-11H2,1H3/t16-,19-/m0/s1. The zero-order valence-electron chi connectivity index (χ0n) is 14.1. The average molecular weight is 360 g/mol. The van der Waals surface area contributed by atoms with Crippen LogP contribution in [0.15, 0.2) is 52.3 Å². The quantitative estimate of drug-likeness (QED) is 0.835. The molecule has 0 saturated carbocycles. The molecule has 6 heteroatoms. The molecule has 4 rings (SSSR count). The van der Waals surface area contributed by atoms with Gasteiger partial charge in [0.05, 0.1) is 9.79 Å². The van der Waals surface area contributed by atoms with Gasteiger partial charge in [-0.15, -0.1) is 0 Å². The Morgan fingerprint density at radius 3 is 2.48 bits per heavy atom. The predicted octanol–water partition coefficient (Wildman–Crippen LogP) is 3.26. The molecule has 2 heterocycles. The Labute approximate surface area is 147 Å². The van der Waals surface area contributed by atoms with E-state index in [0.717, 1.165) is 37.2 Å². The van der Waals surface area contributed by atoms with Gasteiger partial charge in [-0.3, -0.25) is 0 Å². The van der Waals surface area contributed by atoms with Crippen molar-refractivity contribution in [2.45, 2.75) is 34.6 Å². The van der Waals surface area contributed by atoms with Crippen molar-refractivity contribution >= 4 is 15.5 Å². The predicted molar refractivity (Wildman–Crippen MR) is 95.2 cm³/mol. The van der Waals surface area contributed by atoms with Gasteiger partial charge < -0.3 is 10.2 Å². The van der Waals surface area contributed by atoms with Crippen molar-refractivity contribution in [3.8, 4) is 0 Å². The second-order valence-corrected chi connectivity index (χ2v) is 8.89. The molecule has 2 aliphatic heterocycles. The van der Waals surface area contributed by atoms with Crippen LogP contribution in [0, 0.1) is 5.82 Å². The maximum atomic E-state index is 13.1. The molecule has 2 aromatic rings. The Kier molecular flexibility index (Phi) is 4.04. The lowest BCUT2D eigenvalue weighted by Crippen LogP contribution is -2.22. The monoisotopic (exact) mass is 360 g/mol. The lowest BCUT2D eigenvalue weighted by molar-refractivity contribution is 0.346. The van der Waals surface area contributed by atoms with E-state index in [4.69, 9.17) is 0 Å². The molecule has 0 amide bonds. The van der Waals surface area contributed by atoms with Crippen LogP contribution in [0.4, 0.5) is 10.1 Å². The van der Waals surface area contributed by atoms with E-state index in [1.807, 2.05) is 6.07 Å². The number of halogens is 1. The number of nitrogens with one attached hydrogen (secondary N) is 1. The van der Waals surface area contributed by atoms with Gasteiger partial charge in [0.25, 0.3) is 0 Å². The number of hydrogen-bond acceptors (Lipinski definition) is 4. The molecule has 1 saturated heterocycles. The van der Waals surface area contributed by atoms with E-state index in [1.165, 1.54) is 24.3 Å². The van der Waals surface area contributed by atoms with Crippen LogP contribution < -0.4 is 5.32 Å². The lowest BCUT2D eigenvalue weighted by Gasteiger charge is -2.16. The molecular formula is C19H21FN2O2S. The highest BCUT2D eigenvalue weighted by Crippen LogP contribution is 2.42. The van der Waals surface area contributed by atoms with Crippen LogP contribution in [-0.2, 0) is 9.84 Å². The van der Waals surface area contributed by atoms with Crippen molar-refractivity contribution in [3.05, 3.63) is 53.8 Å². The summed E-state index contributed by atoms with van der Waals surface area (Å²) in [5.41, 5.74) is 2.13. The van der Waals surface area contributed by atoms with E-state index in [-0.39, 0.29) is 9.79 Å². The normalized spacial score (nSPS) is 23.4. The number of rotatable bonds is 2. The lowest BCUT2D eigenvalue weighted by atomic mass is 9.91. The van der Waals surface area contributed by atoms with Crippen molar-refractivity contribution in [3.63, 3.8) is 0 Å². The summed E-state index contributed by atoms with van der Waals surface area (Å²) < 4.78 is 38.9. The molecule has 0 radical (unpaired) electrons. The van der Waals surface area contributed by atoms with Crippen molar-refractivity contribution in [2.24, 2.45) is 0 Å². The number of sulfone groups is 1. The summed E-state index contributed by atoms with van der Waals surface area (Å²) in [6.07, 6.45) is 2.07. The number of likely N-dealkylation sites (tertiary alicyclic amines) is 1. The Balaban J connectivity index is 1.71. The fourth-order valence-corrected chi connectivity index (χ4v) is 5.17. The maximum Gasteiger partial charge on any atom is 0.206 e. The Hall–Kier alpha value is -1.92. The van der Waals surface area contributed by atoms with E-state index in [9.17, 15) is 12.8 Å². The van der Waals surface area contributed by atoms with Crippen LogP contribution in [-0.4, -0.2) is 39.5 Å². The SMILES string of the molecule is CN1CC[C@@H]2Nc3ccc(S(=O)(=O)c4ccc(F)cc4)cc3[C@@H]2CC1. The minimum atomic E-state index is -3.64.